The van der Waals surface area contributed by atoms with E-state index in [1.165, 1.54) is 5.56 Å². The molecule has 2 aliphatic rings. The van der Waals surface area contributed by atoms with Crippen molar-refractivity contribution in [2.45, 2.75) is 18.7 Å². The summed E-state index contributed by atoms with van der Waals surface area (Å²) in [5.41, 5.74) is 1.86. The summed E-state index contributed by atoms with van der Waals surface area (Å²) in [6.45, 7) is 5.49. The summed E-state index contributed by atoms with van der Waals surface area (Å²) in [5.74, 6) is -0.0513. The molecule has 1 amide bonds. The van der Waals surface area contributed by atoms with Gasteiger partial charge in [-0.1, -0.05) is 35.3 Å². The van der Waals surface area contributed by atoms with Gasteiger partial charge in [0.15, 0.2) is 0 Å². The number of nitrogens with zero attached hydrogens (tertiary/aromatic N) is 3. The number of likely N-dealkylation sites (tertiary alicyclic amines) is 1. The molecular formula is C22H25Cl2N3O2. The van der Waals surface area contributed by atoms with E-state index in [-0.39, 0.29) is 11.9 Å². The Morgan fingerprint density at radius 3 is 2.10 bits per heavy atom. The fourth-order valence-corrected chi connectivity index (χ4v) is 4.42. The molecule has 7 heteroatoms. The molecular weight excluding hydrogens is 409 g/mol. The van der Waals surface area contributed by atoms with Gasteiger partial charge in [-0.2, -0.15) is 0 Å². The lowest BCUT2D eigenvalue weighted by molar-refractivity contribution is 0.0423. The van der Waals surface area contributed by atoms with Crippen LogP contribution in [-0.2, 0) is 6.54 Å². The normalized spacial score (nSPS) is 23.5. The van der Waals surface area contributed by atoms with Gasteiger partial charge in [0.2, 0.25) is 0 Å². The molecule has 0 unspecified atom stereocenters. The second-order valence-corrected chi connectivity index (χ2v) is 8.66. The molecule has 1 N–H and O–H groups in total. The molecule has 0 aromatic heterocycles. The summed E-state index contributed by atoms with van der Waals surface area (Å²) < 4.78 is 0. The first-order valence-electron chi connectivity index (χ1n) is 9.93. The number of rotatable bonds is 4. The van der Waals surface area contributed by atoms with Gasteiger partial charge in [0.1, 0.15) is 0 Å². The van der Waals surface area contributed by atoms with Crippen LogP contribution in [0.3, 0.4) is 0 Å². The lowest BCUT2D eigenvalue weighted by Crippen LogP contribution is -2.53. The fraction of sp³-hybridized carbons (Fsp3) is 0.409. The van der Waals surface area contributed by atoms with Crippen molar-refractivity contribution in [3.63, 3.8) is 0 Å². The molecule has 29 heavy (non-hydrogen) atoms. The highest BCUT2D eigenvalue weighted by Gasteiger charge is 2.38. The Kier molecular flexibility index (Phi) is 6.42. The lowest BCUT2D eigenvalue weighted by atomic mass is 10.1. The molecule has 0 bridgehead atoms. The van der Waals surface area contributed by atoms with E-state index in [0.717, 1.165) is 37.7 Å². The first-order valence-corrected chi connectivity index (χ1v) is 10.7. The van der Waals surface area contributed by atoms with Gasteiger partial charge in [-0.25, -0.2) is 0 Å². The molecule has 154 valence electrons. The molecule has 0 saturated carbocycles. The number of carbonyl (C=O) groups is 1. The number of piperazine rings is 1. The highest BCUT2D eigenvalue weighted by atomic mass is 35.5. The first-order chi connectivity index (χ1) is 14.0. The Labute approximate surface area is 181 Å². The third-order valence-electron chi connectivity index (χ3n) is 5.83. The van der Waals surface area contributed by atoms with Crippen LogP contribution >= 0.6 is 23.2 Å². The Bertz CT molecular complexity index is 836. The van der Waals surface area contributed by atoms with E-state index in [9.17, 15) is 9.90 Å². The maximum absolute atomic E-state index is 12.7. The van der Waals surface area contributed by atoms with Crippen LogP contribution in [0.1, 0.15) is 15.9 Å². The summed E-state index contributed by atoms with van der Waals surface area (Å²) in [5, 5.41) is 12.0. The van der Waals surface area contributed by atoms with E-state index in [4.69, 9.17) is 23.2 Å². The number of aliphatic hydroxyl groups excluding tert-OH is 1. The van der Waals surface area contributed by atoms with Gasteiger partial charge in [-0.15, -0.1) is 0 Å². The Morgan fingerprint density at radius 2 is 1.48 bits per heavy atom. The number of halogens is 2. The SMILES string of the molecule is O=C(c1ccc(Cl)cc1)N1C[C@H](O)[C@@H](N2CCN(Cc3ccc(Cl)cc3)CC2)C1. The maximum Gasteiger partial charge on any atom is 0.253 e. The van der Waals surface area contributed by atoms with Crippen LogP contribution in [0.2, 0.25) is 10.0 Å². The van der Waals surface area contributed by atoms with Gasteiger partial charge < -0.3 is 10.0 Å². The zero-order chi connectivity index (χ0) is 20.4. The minimum absolute atomic E-state index is 0.0102. The average molecular weight is 434 g/mol. The van der Waals surface area contributed by atoms with Crippen molar-refractivity contribution in [2.24, 2.45) is 0 Å². The second kappa shape index (κ2) is 9.02. The predicted octanol–water partition coefficient (Wildman–Crippen LogP) is 3.00. The Hall–Kier alpha value is -1.63. The van der Waals surface area contributed by atoms with E-state index in [2.05, 4.69) is 21.9 Å². The van der Waals surface area contributed by atoms with Gasteiger partial charge in [0, 0.05) is 61.4 Å². The molecule has 0 aliphatic carbocycles. The molecule has 2 saturated heterocycles. The molecule has 2 heterocycles. The Morgan fingerprint density at radius 1 is 0.897 bits per heavy atom. The summed E-state index contributed by atoms with van der Waals surface area (Å²) in [6, 6.07) is 14.9. The topological polar surface area (TPSA) is 47.0 Å². The number of benzene rings is 2. The zero-order valence-electron chi connectivity index (χ0n) is 16.2. The molecule has 0 spiro atoms. The smallest absolute Gasteiger partial charge is 0.253 e. The summed E-state index contributed by atoms with van der Waals surface area (Å²) >= 11 is 11.9. The summed E-state index contributed by atoms with van der Waals surface area (Å²) in [7, 11) is 0. The van der Waals surface area contributed by atoms with Crippen LogP contribution in [0.4, 0.5) is 0 Å². The second-order valence-electron chi connectivity index (χ2n) is 7.79. The van der Waals surface area contributed by atoms with Gasteiger partial charge >= 0.3 is 0 Å². The van der Waals surface area contributed by atoms with Crippen molar-refractivity contribution in [3.05, 3.63) is 69.7 Å². The number of β-amino-alcohol motifs (C(OH)–C–C–N with tert-alkyl or cyclic N) is 1. The first kappa shape index (κ1) is 20.6. The van der Waals surface area contributed by atoms with E-state index in [0.29, 0.717) is 23.7 Å². The third kappa shape index (κ3) is 4.93. The predicted molar refractivity (Wildman–Crippen MR) is 115 cm³/mol. The number of hydrogen-bond acceptors (Lipinski definition) is 4. The quantitative estimate of drug-likeness (QED) is 0.804. The fourth-order valence-electron chi connectivity index (χ4n) is 4.17. The van der Waals surface area contributed by atoms with Gasteiger partial charge in [-0.05, 0) is 42.0 Å². The number of hydrogen-bond donors (Lipinski definition) is 1. The van der Waals surface area contributed by atoms with Crippen LogP contribution in [0, 0.1) is 0 Å². The number of aliphatic hydroxyl groups is 1. The largest absolute Gasteiger partial charge is 0.390 e. The highest BCUT2D eigenvalue weighted by Crippen LogP contribution is 2.22. The molecule has 2 aromatic carbocycles. The summed E-state index contributed by atoms with van der Waals surface area (Å²) in [6.07, 6.45) is -0.519. The van der Waals surface area contributed by atoms with Crippen LogP contribution < -0.4 is 0 Å². The highest BCUT2D eigenvalue weighted by molar-refractivity contribution is 6.30. The van der Waals surface area contributed by atoms with Crippen LogP contribution in [0.15, 0.2) is 48.5 Å². The standard InChI is InChI=1S/C22H25Cl2N3O2/c23-18-5-1-16(2-6-18)13-25-9-11-26(12-10-25)20-14-27(15-21(20)28)22(29)17-3-7-19(24)8-4-17/h1-8,20-21,28H,9-15H2/t20-,21-/m0/s1. The van der Waals surface area contributed by atoms with Crippen LogP contribution in [-0.4, -0.2) is 77.1 Å². The van der Waals surface area contributed by atoms with Crippen molar-refractivity contribution in [3.8, 4) is 0 Å². The minimum Gasteiger partial charge on any atom is -0.390 e. The van der Waals surface area contributed by atoms with E-state index < -0.39 is 6.10 Å². The molecule has 4 rings (SSSR count). The van der Waals surface area contributed by atoms with Gasteiger partial charge in [0.05, 0.1) is 12.1 Å². The molecule has 2 aliphatic heterocycles. The molecule has 2 fully saturated rings. The van der Waals surface area contributed by atoms with Crippen molar-refractivity contribution in [2.75, 3.05) is 39.3 Å². The Balaban J connectivity index is 1.31. The average Bonchev–Trinajstić information content (AvgIpc) is 3.12. The van der Waals surface area contributed by atoms with E-state index >= 15 is 0 Å². The molecule has 2 aromatic rings. The van der Waals surface area contributed by atoms with Crippen LogP contribution in [0.5, 0.6) is 0 Å². The summed E-state index contributed by atoms with van der Waals surface area (Å²) in [4.78, 5) is 19.2. The third-order valence-corrected chi connectivity index (χ3v) is 6.34. The minimum atomic E-state index is -0.519. The molecule has 2 atom stereocenters. The maximum atomic E-state index is 12.7. The lowest BCUT2D eigenvalue weighted by Gasteiger charge is -2.38. The van der Waals surface area contributed by atoms with Crippen molar-refractivity contribution >= 4 is 29.1 Å². The number of amides is 1. The molecule has 5 nitrogen and oxygen atoms in total. The monoisotopic (exact) mass is 433 g/mol. The molecule has 0 radical (unpaired) electrons. The van der Waals surface area contributed by atoms with E-state index in [1.54, 1.807) is 29.2 Å². The zero-order valence-corrected chi connectivity index (χ0v) is 17.7. The van der Waals surface area contributed by atoms with Crippen molar-refractivity contribution in [1.82, 2.24) is 14.7 Å². The van der Waals surface area contributed by atoms with Crippen molar-refractivity contribution < 1.29 is 9.90 Å². The van der Waals surface area contributed by atoms with Crippen molar-refractivity contribution in [1.29, 1.82) is 0 Å². The van der Waals surface area contributed by atoms with E-state index in [1.807, 2.05) is 12.1 Å². The van der Waals surface area contributed by atoms with Gasteiger partial charge in [0.25, 0.3) is 5.91 Å². The van der Waals surface area contributed by atoms with Crippen LogP contribution in [0.25, 0.3) is 0 Å². The van der Waals surface area contributed by atoms with Gasteiger partial charge in [-0.3, -0.25) is 14.6 Å². The number of carbonyl (C=O) groups excluding carboxylic acids is 1.